The molecule has 0 radical (unpaired) electrons. The second kappa shape index (κ2) is 6.93. The average Bonchev–Trinajstić information content (AvgIpc) is 2.56. The topological polar surface area (TPSA) is 59.7 Å². The number of aliphatic hydroxyl groups excluding tert-OH is 1. The van der Waals surface area contributed by atoms with Crippen molar-refractivity contribution in [2.45, 2.75) is 25.2 Å². The Morgan fingerprint density at radius 2 is 2.14 bits per heavy atom. The normalized spacial score (nSPS) is 25.3. The fraction of sp³-hybridized carbons (Fsp3) is 0.471. The highest BCUT2D eigenvalue weighted by Crippen LogP contribution is 2.29. The van der Waals surface area contributed by atoms with E-state index >= 15 is 0 Å². The van der Waals surface area contributed by atoms with Crippen LogP contribution in [0.3, 0.4) is 0 Å². The Morgan fingerprint density at radius 1 is 1.32 bits per heavy atom. The number of morpholine rings is 1. The van der Waals surface area contributed by atoms with E-state index in [1.54, 1.807) is 0 Å². The molecular formula is C17H21N3O2. The van der Waals surface area contributed by atoms with Crippen LogP contribution in [0.2, 0.25) is 0 Å². The van der Waals surface area contributed by atoms with Crippen LogP contribution in [0.1, 0.15) is 12.0 Å². The average molecular weight is 299 g/mol. The molecule has 2 aliphatic heterocycles. The second-order valence-corrected chi connectivity index (χ2v) is 5.71. The molecule has 3 rings (SSSR count). The predicted molar refractivity (Wildman–Crippen MR) is 82.5 cm³/mol. The van der Waals surface area contributed by atoms with E-state index in [1.807, 2.05) is 24.4 Å². The van der Waals surface area contributed by atoms with Gasteiger partial charge < -0.3 is 14.7 Å². The third-order valence-corrected chi connectivity index (χ3v) is 4.24. The van der Waals surface area contributed by atoms with Crippen molar-refractivity contribution in [3.05, 3.63) is 47.7 Å². The van der Waals surface area contributed by atoms with Crippen molar-refractivity contribution in [2.75, 3.05) is 26.3 Å². The number of β-amino-alcohol motifs (C(OH)–C–C–N with tert-alkyl or cyclic N) is 1. The van der Waals surface area contributed by atoms with Crippen molar-refractivity contribution in [3.63, 3.8) is 0 Å². The van der Waals surface area contributed by atoms with Crippen LogP contribution in [0.4, 0.5) is 0 Å². The van der Waals surface area contributed by atoms with Gasteiger partial charge in [0.05, 0.1) is 25.4 Å². The van der Waals surface area contributed by atoms with Crippen LogP contribution in [0, 0.1) is 11.3 Å². The zero-order valence-corrected chi connectivity index (χ0v) is 12.6. The zero-order chi connectivity index (χ0) is 15.4. The van der Waals surface area contributed by atoms with Gasteiger partial charge in [0.2, 0.25) is 0 Å². The summed E-state index contributed by atoms with van der Waals surface area (Å²) in [6.45, 7) is 2.96. The summed E-state index contributed by atoms with van der Waals surface area (Å²) in [5, 5.41) is 18.6. The molecule has 2 atom stereocenters. The summed E-state index contributed by atoms with van der Waals surface area (Å²) in [5.74, 6) is 0. The smallest absolute Gasteiger partial charge is 0.109 e. The highest BCUT2D eigenvalue weighted by atomic mass is 16.5. The molecule has 0 aromatic heterocycles. The Hall–Kier alpha value is -1.87. The van der Waals surface area contributed by atoms with E-state index in [0.717, 1.165) is 18.7 Å². The highest BCUT2D eigenvalue weighted by molar-refractivity contribution is 5.26. The van der Waals surface area contributed by atoms with Crippen LogP contribution in [0.5, 0.6) is 0 Å². The summed E-state index contributed by atoms with van der Waals surface area (Å²) in [6.07, 6.45) is 2.67. The molecule has 0 spiro atoms. The van der Waals surface area contributed by atoms with Crippen LogP contribution >= 0.6 is 0 Å². The van der Waals surface area contributed by atoms with Gasteiger partial charge in [-0.15, -0.1) is 0 Å². The zero-order valence-electron chi connectivity index (χ0n) is 12.6. The number of hydrogen-bond acceptors (Lipinski definition) is 5. The largest absolute Gasteiger partial charge is 0.395 e. The van der Waals surface area contributed by atoms with Crippen molar-refractivity contribution < 1.29 is 9.84 Å². The van der Waals surface area contributed by atoms with Crippen molar-refractivity contribution in [3.8, 4) is 6.07 Å². The summed E-state index contributed by atoms with van der Waals surface area (Å²) in [6, 6.07) is 12.5. The van der Waals surface area contributed by atoms with E-state index < -0.39 is 0 Å². The molecule has 5 heteroatoms. The Balaban J connectivity index is 1.86. The van der Waals surface area contributed by atoms with Crippen LogP contribution in [-0.2, 0) is 11.3 Å². The number of fused-ring (bicyclic) bond motifs is 1. The van der Waals surface area contributed by atoms with Gasteiger partial charge in [-0.25, -0.2) is 0 Å². The molecule has 0 saturated carbocycles. The van der Waals surface area contributed by atoms with Crippen molar-refractivity contribution in [2.24, 2.45) is 0 Å². The monoisotopic (exact) mass is 299 g/mol. The summed E-state index contributed by atoms with van der Waals surface area (Å²) < 4.78 is 5.90. The summed E-state index contributed by atoms with van der Waals surface area (Å²) in [5.41, 5.74) is 1.95. The van der Waals surface area contributed by atoms with Gasteiger partial charge >= 0.3 is 0 Å². The number of nitrogens with zero attached hydrogens (tertiary/aromatic N) is 3. The lowest BCUT2D eigenvalue weighted by Crippen LogP contribution is -2.60. The van der Waals surface area contributed by atoms with E-state index in [4.69, 9.17) is 4.74 Å². The van der Waals surface area contributed by atoms with Crippen molar-refractivity contribution in [1.82, 2.24) is 9.80 Å². The minimum atomic E-state index is -0.0105. The Morgan fingerprint density at radius 3 is 2.86 bits per heavy atom. The SMILES string of the molecule is N#CC1=CN(Cc2ccccc2)C2C(C1)OCCN2CCO. The van der Waals surface area contributed by atoms with Crippen LogP contribution in [0.15, 0.2) is 42.1 Å². The number of nitriles is 1. The van der Waals surface area contributed by atoms with Gasteiger partial charge in [-0.1, -0.05) is 30.3 Å². The highest BCUT2D eigenvalue weighted by Gasteiger charge is 2.38. The molecule has 1 N–H and O–H groups in total. The molecule has 116 valence electrons. The molecule has 1 saturated heterocycles. The Kier molecular flexibility index (Phi) is 4.74. The Labute approximate surface area is 131 Å². The molecule has 0 aliphatic carbocycles. The van der Waals surface area contributed by atoms with E-state index in [9.17, 15) is 10.4 Å². The lowest BCUT2D eigenvalue weighted by atomic mass is 9.99. The Bertz CT molecular complexity index is 565. The number of benzene rings is 1. The van der Waals surface area contributed by atoms with Crippen LogP contribution in [0.25, 0.3) is 0 Å². The van der Waals surface area contributed by atoms with Crippen LogP contribution in [-0.4, -0.2) is 53.5 Å². The number of hydrogen-bond donors (Lipinski definition) is 1. The first-order chi connectivity index (χ1) is 10.8. The number of rotatable bonds is 4. The fourth-order valence-electron chi connectivity index (χ4n) is 3.29. The molecule has 5 nitrogen and oxygen atoms in total. The summed E-state index contributed by atoms with van der Waals surface area (Å²) >= 11 is 0. The molecule has 22 heavy (non-hydrogen) atoms. The fourth-order valence-corrected chi connectivity index (χ4v) is 3.29. The molecule has 1 aromatic carbocycles. The molecule has 2 unspecified atom stereocenters. The minimum absolute atomic E-state index is 0.0105. The standard InChI is InChI=1S/C17H21N3O2/c18-11-15-10-16-17(19(6-8-21)7-9-22-16)20(13-15)12-14-4-2-1-3-5-14/h1-5,13,16-17,21H,6-10,12H2. The van der Waals surface area contributed by atoms with Gasteiger partial charge in [-0.2, -0.15) is 5.26 Å². The van der Waals surface area contributed by atoms with Gasteiger partial charge in [-0.05, 0) is 5.56 Å². The summed E-state index contributed by atoms with van der Waals surface area (Å²) in [4.78, 5) is 4.43. The molecule has 0 bridgehead atoms. The first kappa shape index (κ1) is 15.0. The van der Waals surface area contributed by atoms with Gasteiger partial charge in [0.15, 0.2) is 0 Å². The van der Waals surface area contributed by atoms with E-state index in [0.29, 0.717) is 19.6 Å². The van der Waals surface area contributed by atoms with Gasteiger partial charge in [0, 0.05) is 37.8 Å². The molecular weight excluding hydrogens is 278 g/mol. The van der Waals surface area contributed by atoms with Crippen LogP contribution < -0.4 is 0 Å². The maximum Gasteiger partial charge on any atom is 0.109 e. The summed E-state index contributed by atoms with van der Waals surface area (Å²) in [7, 11) is 0. The quantitative estimate of drug-likeness (QED) is 0.908. The molecule has 1 fully saturated rings. The van der Waals surface area contributed by atoms with Gasteiger partial charge in [0.1, 0.15) is 6.17 Å². The molecule has 2 aliphatic rings. The lowest BCUT2D eigenvalue weighted by molar-refractivity contribution is -0.126. The molecule has 0 amide bonds. The van der Waals surface area contributed by atoms with Gasteiger partial charge in [-0.3, -0.25) is 4.90 Å². The minimum Gasteiger partial charge on any atom is -0.395 e. The third kappa shape index (κ3) is 3.14. The van der Waals surface area contributed by atoms with Gasteiger partial charge in [0.25, 0.3) is 0 Å². The number of aliphatic hydroxyl groups is 1. The van der Waals surface area contributed by atoms with E-state index in [-0.39, 0.29) is 18.9 Å². The predicted octanol–water partition coefficient (Wildman–Crippen LogP) is 1.32. The third-order valence-electron chi connectivity index (χ3n) is 4.24. The maximum atomic E-state index is 9.31. The second-order valence-electron chi connectivity index (χ2n) is 5.71. The van der Waals surface area contributed by atoms with E-state index in [1.165, 1.54) is 5.56 Å². The molecule has 1 aromatic rings. The first-order valence-electron chi connectivity index (χ1n) is 7.69. The van der Waals surface area contributed by atoms with E-state index in [2.05, 4.69) is 28.0 Å². The maximum absolute atomic E-state index is 9.31. The first-order valence-corrected chi connectivity index (χ1v) is 7.69. The number of ether oxygens (including phenoxy) is 1. The van der Waals surface area contributed by atoms with Crippen molar-refractivity contribution in [1.29, 1.82) is 5.26 Å². The molecule has 2 heterocycles. The van der Waals surface area contributed by atoms with Crippen molar-refractivity contribution >= 4 is 0 Å². The lowest BCUT2D eigenvalue weighted by Gasteiger charge is -2.48.